The van der Waals surface area contributed by atoms with E-state index in [4.69, 9.17) is 4.52 Å². The van der Waals surface area contributed by atoms with Gasteiger partial charge in [-0.3, -0.25) is 4.79 Å². The van der Waals surface area contributed by atoms with Gasteiger partial charge in [0.25, 0.3) is 5.89 Å². The molecule has 3 aromatic rings. The van der Waals surface area contributed by atoms with Gasteiger partial charge in [0.2, 0.25) is 11.7 Å². The molecule has 1 aliphatic heterocycles. The Labute approximate surface area is 172 Å². The summed E-state index contributed by atoms with van der Waals surface area (Å²) in [6, 6.07) is 6.09. The van der Waals surface area contributed by atoms with Crippen LogP contribution < -0.4 is 0 Å². The number of thiazole rings is 1. The molecule has 1 saturated heterocycles. The zero-order valence-electron chi connectivity index (χ0n) is 16.3. The highest BCUT2D eigenvalue weighted by Crippen LogP contribution is 2.49. The summed E-state index contributed by atoms with van der Waals surface area (Å²) in [7, 11) is 0. The molecule has 0 spiro atoms. The van der Waals surface area contributed by atoms with Gasteiger partial charge in [0.1, 0.15) is 0 Å². The van der Waals surface area contributed by atoms with E-state index >= 15 is 0 Å². The van der Waals surface area contributed by atoms with Crippen molar-refractivity contribution in [2.75, 3.05) is 13.2 Å². The van der Waals surface area contributed by atoms with Crippen molar-refractivity contribution in [3.8, 4) is 22.3 Å². The van der Waals surface area contributed by atoms with Crippen LogP contribution in [0.15, 0.2) is 28.9 Å². The van der Waals surface area contributed by atoms with Crippen LogP contribution >= 0.6 is 11.3 Å². The van der Waals surface area contributed by atoms with Gasteiger partial charge in [-0.05, 0) is 29.4 Å². The zero-order valence-corrected chi connectivity index (χ0v) is 17.1. The molecule has 7 nitrogen and oxygen atoms in total. The molecular weight excluding hydrogens is 388 g/mol. The summed E-state index contributed by atoms with van der Waals surface area (Å²) in [5, 5.41) is 14.3. The SMILES string of the molecule is CC(C)c1cnc(-c2nc(-c3cccc4c3CC3CC(=O)N(CCO)C43)no2)s1. The lowest BCUT2D eigenvalue weighted by Crippen LogP contribution is -2.30. The molecule has 0 radical (unpaired) electrons. The predicted molar refractivity (Wildman–Crippen MR) is 108 cm³/mol. The van der Waals surface area contributed by atoms with Crippen molar-refractivity contribution in [1.29, 1.82) is 0 Å². The first-order valence-corrected chi connectivity index (χ1v) is 10.7. The zero-order chi connectivity index (χ0) is 20.1. The van der Waals surface area contributed by atoms with Gasteiger partial charge in [-0.1, -0.05) is 37.2 Å². The number of hydrogen-bond donors (Lipinski definition) is 1. The standard InChI is InChI=1S/C21H22N4O3S/c1-11(2)16-10-22-21(29-16)20-23-19(24-28-20)14-5-3-4-13-15(14)8-12-9-17(27)25(6-7-26)18(12)13/h3-5,10-12,18,26H,6-9H2,1-2H3. The number of aliphatic hydroxyl groups is 1. The molecule has 1 amide bonds. The van der Waals surface area contributed by atoms with Crippen molar-refractivity contribution in [2.24, 2.45) is 5.92 Å². The highest BCUT2D eigenvalue weighted by molar-refractivity contribution is 7.15. The predicted octanol–water partition coefficient (Wildman–Crippen LogP) is 3.42. The minimum absolute atomic E-state index is 0.0234. The van der Waals surface area contributed by atoms with E-state index < -0.39 is 0 Å². The van der Waals surface area contributed by atoms with Gasteiger partial charge in [0.05, 0.1) is 12.6 Å². The molecule has 1 N–H and O–H groups in total. The first-order chi connectivity index (χ1) is 14.1. The Morgan fingerprint density at radius 1 is 1.34 bits per heavy atom. The summed E-state index contributed by atoms with van der Waals surface area (Å²) < 4.78 is 5.52. The topological polar surface area (TPSA) is 92.4 Å². The van der Waals surface area contributed by atoms with Crippen LogP contribution in [-0.4, -0.2) is 44.2 Å². The number of β-amino-alcohol motifs (C(OH)–C–C–N with tert-alkyl or cyclic N) is 1. The second-order valence-corrected chi connectivity index (χ2v) is 9.01. The van der Waals surface area contributed by atoms with Gasteiger partial charge in [-0.25, -0.2) is 4.98 Å². The molecule has 150 valence electrons. The van der Waals surface area contributed by atoms with Crippen LogP contribution in [-0.2, 0) is 11.2 Å². The molecule has 1 aliphatic carbocycles. The molecule has 29 heavy (non-hydrogen) atoms. The Kier molecular flexibility index (Phi) is 4.48. The van der Waals surface area contributed by atoms with Gasteiger partial charge < -0.3 is 14.5 Å². The summed E-state index contributed by atoms with van der Waals surface area (Å²) in [4.78, 5) is 24.4. The van der Waals surface area contributed by atoms with E-state index in [-0.39, 0.29) is 24.5 Å². The van der Waals surface area contributed by atoms with E-state index in [2.05, 4.69) is 35.0 Å². The van der Waals surface area contributed by atoms with Crippen LogP contribution in [0, 0.1) is 5.92 Å². The Hall–Kier alpha value is -2.58. The average Bonchev–Trinajstić information content (AvgIpc) is 3.45. The van der Waals surface area contributed by atoms with Gasteiger partial charge >= 0.3 is 0 Å². The van der Waals surface area contributed by atoms with E-state index in [0.29, 0.717) is 30.6 Å². The van der Waals surface area contributed by atoms with Crippen LogP contribution in [0.25, 0.3) is 22.3 Å². The number of carbonyl (C=O) groups is 1. The van der Waals surface area contributed by atoms with Crippen molar-refractivity contribution in [3.63, 3.8) is 0 Å². The third-order valence-electron chi connectivity index (χ3n) is 5.82. The molecule has 8 heteroatoms. The maximum absolute atomic E-state index is 12.3. The summed E-state index contributed by atoms with van der Waals surface area (Å²) in [5.41, 5.74) is 3.26. The Balaban J connectivity index is 1.49. The van der Waals surface area contributed by atoms with Crippen molar-refractivity contribution in [1.82, 2.24) is 20.0 Å². The minimum atomic E-state index is -0.0234. The third-order valence-corrected chi connectivity index (χ3v) is 7.11. The third kappa shape index (κ3) is 2.98. The lowest BCUT2D eigenvalue weighted by molar-refractivity contribution is -0.129. The number of nitrogens with zero attached hydrogens (tertiary/aromatic N) is 4. The Morgan fingerprint density at radius 3 is 2.97 bits per heavy atom. The molecule has 2 aliphatic rings. The molecule has 2 aromatic heterocycles. The molecule has 1 aromatic carbocycles. The summed E-state index contributed by atoms with van der Waals surface area (Å²) in [6.45, 7) is 4.61. The van der Waals surface area contributed by atoms with Crippen molar-refractivity contribution < 1.29 is 14.4 Å². The van der Waals surface area contributed by atoms with E-state index in [1.54, 1.807) is 11.3 Å². The number of aromatic nitrogens is 3. The van der Waals surface area contributed by atoms with Gasteiger partial charge in [-0.2, -0.15) is 4.98 Å². The second kappa shape index (κ2) is 7.03. The number of aliphatic hydroxyl groups excluding tert-OH is 1. The summed E-state index contributed by atoms with van der Waals surface area (Å²) >= 11 is 1.57. The number of rotatable bonds is 5. The Morgan fingerprint density at radius 2 is 2.21 bits per heavy atom. The number of carbonyl (C=O) groups excluding carboxylic acids is 1. The van der Waals surface area contributed by atoms with Crippen LogP contribution in [0.1, 0.15) is 48.2 Å². The van der Waals surface area contributed by atoms with Crippen LogP contribution in [0.3, 0.4) is 0 Å². The normalized spacial score (nSPS) is 20.6. The van der Waals surface area contributed by atoms with E-state index in [0.717, 1.165) is 22.6 Å². The fourth-order valence-electron chi connectivity index (χ4n) is 4.49. The fraction of sp³-hybridized carbons (Fsp3) is 0.429. The first-order valence-electron chi connectivity index (χ1n) is 9.89. The molecule has 0 saturated carbocycles. The smallest absolute Gasteiger partial charge is 0.287 e. The van der Waals surface area contributed by atoms with E-state index in [1.807, 2.05) is 23.2 Å². The maximum Gasteiger partial charge on any atom is 0.287 e. The molecular formula is C21H22N4O3S. The number of hydrogen-bond acceptors (Lipinski definition) is 7. The van der Waals surface area contributed by atoms with Crippen molar-refractivity contribution in [3.05, 3.63) is 40.4 Å². The molecule has 2 atom stereocenters. The molecule has 3 heterocycles. The molecule has 0 bridgehead atoms. The van der Waals surface area contributed by atoms with Gasteiger partial charge in [0.15, 0.2) is 5.01 Å². The van der Waals surface area contributed by atoms with E-state index in [1.165, 1.54) is 10.4 Å². The first kappa shape index (κ1) is 18.4. The van der Waals surface area contributed by atoms with Crippen LogP contribution in [0.2, 0.25) is 0 Å². The van der Waals surface area contributed by atoms with Crippen molar-refractivity contribution in [2.45, 2.75) is 38.6 Å². The quantitative estimate of drug-likeness (QED) is 0.693. The second-order valence-electron chi connectivity index (χ2n) is 7.94. The monoisotopic (exact) mass is 410 g/mol. The lowest BCUT2D eigenvalue weighted by atomic mass is 10.0. The Bertz CT molecular complexity index is 1070. The summed E-state index contributed by atoms with van der Waals surface area (Å²) in [5.74, 6) is 1.76. The van der Waals surface area contributed by atoms with E-state index in [9.17, 15) is 9.90 Å². The van der Waals surface area contributed by atoms with Crippen molar-refractivity contribution >= 4 is 17.2 Å². The largest absolute Gasteiger partial charge is 0.395 e. The maximum atomic E-state index is 12.3. The van der Waals surface area contributed by atoms with Crippen LogP contribution in [0.5, 0.6) is 0 Å². The fourth-order valence-corrected chi connectivity index (χ4v) is 5.33. The number of benzene rings is 1. The lowest BCUT2D eigenvalue weighted by Gasteiger charge is -2.24. The average molecular weight is 410 g/mol. The van der Waals surface area contributed by atoms with Gasteiger partial charge in [-0.15, -0.1) is 11.3 Å². The minimum Gasteiger partial charge on any atom is -0.395 e. The number of amides is 1. The highest BCUT2D eigenvalue weighted by Gasteiger charge is 2.46. The molecule has 5 rings (SSSR count). The highest BCUT2D eigenvalue weighted by atomic mass is 32.1. The van der Waals surface area contributed by atoms with Gasteiger partial charge in [0, 0.05) is 29.6 Å². The van der Waals surface area contributed by atoms with Crippen LogP contribution in [0.4, 0.5) is 0 Å². The summed E-state index contributed by atoms with van der Waals surface area (Å²) in [6.07, 6.45) is 3.19. The molecule has 1 fully saturated rings. The number of likely N-dealkylation sites (tertiary alicyclic amines) is 1. The number of fused-ring (bicyclic) bond motifs is 3. The molecule has 2 unspecified atom stereocenters.